The van der Waals surface area contributed by atoms with E-state index in [1.165, 1.54) is 17.4 Å². The lowest BCUT2D eigenvalue weighted by molar-refractivity contribution is -0.121. The number of hydrogen-bond donors (Lipinski definition) is 3. The van der Waals surface area contributed by atoms with E-state index in [1.54, 1.807) is 6.08 Å². The summed E-state index contributed by atoms with van der Waals surface area (Å²) in [5.41, 5.74) is 3.72. The van der Waals surface area contributed by atoms with E-state index in [1.807, 2.05) is 66.2 Å². The third-order valence-corrected chi connectivity index (χ3v) is 5.02. The highest BCUT2D eigenvalue weighted by Gasteiger charge is 2.11. The Morgan fingerprint density at radius 2 is 1.86 bits per heavy atom. The van der Waals surface area contributed by atoms with Crippen LogP contribution in [0.15, 0.2) is 72.3 Å². The number of carbonyl (C=O) groups excluding carboxylic acids is 2. The topological polar surface area (TPSA) is 86.9 Å². The minimum Gasteiger partial charge on any atom is -0.360 e. The molecule has 0 radical (unpaired) electrons. The summed E-state index contributed by atoms with van der Waals surface area (Å²) in [4.78, 5) is 31.7. The number of nitrogens with zero attached hydrogens (tertiary/aromatic N) is 1. The number of aromatic amines is 1. The molecule has 0 aliphatic carbocycles. The van der Waals surface area contributed by atoms with Gasteiger partial charge in [-0.25, -0.2) is 4.98 Å². The second kappa shape index (κ2) is 8.53. The van der Waals surface area contributed by atoms with Crippen LogP contribution in [0.4, 0.5) is 5.13 Å². The van der Waals surface area contributed by atoms with E-state index in [0.29, 0.717) is 5.13 Å². The van der Waals surface area contributed by atoms with Crippen LogP contribution < -0.4 is 10.6 Å². The van der Waals surface area contributed by atoms with E-state index < -0.39 is 0 Å². The lowest BCUT2D eigenvalue weighted by Gasteiger charge is -2.02. The lowest BCUT2D eigenvalue weighted by Crippen LogP contribution is -2.31. The van der Waals surface area contributed by atoms with Crippen LogP contribution in [0.1, 0.15) is 5.56 Å². The van der Waals surface area contributed by atoms with Crippen LogP contribution >= 0.6 is 11.3 Å². The maximum absolute atomic E-state index is 12.1. The van der Waals surface area contributed by atoms with E-state index in [9.17, 15) is 9.59 Å². The van der Waals surface area contributed by atoms with Crippen LogP contribution in [0.25, 0.3) is 28.2 Å². The Labute approximate surface area is 171 Å². The Morgan fingerprint density at radius 1 is 1.07 bits per heavy atom. The van der Waals surface area contributed by atoms with E-state index in [0.717, 1.165) is 27.7 Å². The van der Waals surface area contributed by atoms with Gasteiger partial charge in [-0.2, -0.15) is 0 Å². The van der Waals surface area contributed by atoms with Gasteiger partial charge >= 0.3 is 0 Å². The van der Waals surface area contributed by atoms with Crippen molar-refractivity contribution < 1.29 is 9.59 Å². The van der Waals surface area contributed by atoms with Gasteiger partial charge in [-0.3, -0.25) is 9.59 Å². The zero-order chi connectivity index (χ0) is 20.1. The first-order valence-corrected chi connectivity index (χ1v) is 9.90. The highest BCUT2D eigenvalue weighted by atomic mass is 32.1. The van der Waals surface area contributed by atoms with Gasteiger partial charge in [0.1, 0.15) is 0 Å². The molecule has 0 saturated heterocycles. The highest BCUT2D eigenvalue weighted by molar-refractivity contribution is 7.14. The highest BCUT2D eigenvalue weighted by Crippen LogP contribution is 2.30. The average Bonchev–Trinajstić information content (AvgIpc) is 3.38. The summed E-state index contributed by atoms with van der Waals surface area (Å²) in [6.07, 6.45) is 5.01. The van der Waals surface area contributed by atoms with E-state index in [-0.39, 0.29) is 18.4 Å². The van der Waals surface area contributed by atoms with E-state index >= 15 is 0 Å². The molecule has 0 unspecified atom stereocenters. The van der Waals surface area contributed by atoms with Crippen LogP contribution in [0.5, 0.6) is 0 Å². The van der Waals surface area contributed by atoms with Gasteiger partial charge in [0.2, 0.25) is 11.8 Å². The number of amides is 2. The van der Waals surface area contributed by atoms with Crippen molar-refractivity contribution in [3.63, 3.8) is 0 Å². The number of nitrogens with one attached hydrogen (secondary N) is 3. The van der Waals surface area contributed by atoms with Crippen molar-refractivity contribution in [2.24, 2.45) is 0 Å². The summed E-state index contributed by atoms with van der Waals surface area (Å²) >= 11 is 1.34. The summed E-state index contributed by atoms with van der Waals surface area (Å²) in [5, 5.41) is 8.75. The number of fused-ring (bicyclic) bond motifs is 1. The molecule has 0 aliphatic heterocycles. The third kappa shape index (κ3) is 4.59. The van der Waals surface area contributed by atoms with Gasteiger partial charge in [-0.1, -0.05) is 48.5 Å². The monoisotopic (exact) mass is 402 g/mol. The van der Waals surface area contributed by atoms with E-state index in [2.05, 4.69) is 20.6 Å². The molecular weight excluding hydrogens is 384 g/mol. The molecule has 6 nitrogen and oxygen atoms in total. The fourth-order valence-electron chi connectivity index (χ4n) is 2.86. The first kappa shape index (κ1) is 18.6. The van der Waals surface area contributed by atoms with Crippen molar-refractivity contribution in [2.75, 3.05) is 11.9 Å². The molecule has 4 rings (SSSR count). The molecular formula is C22H18N4O2S. The molecule has 0 saturated carbocycles. The standard InChI is InChI=1S/C22H18N4O2S/c27-20(11-10-15-6-2-1-3-7-15)24-13-21(28)26-22-25-19(14-29-22)17-12-23-18-9-5-4-8-16(17)18/h1-12,14,23H,13H2,(H,24,27)(H,25,26,28)/b11-10+. The SMILES string of the molecule is O=C(/C=C/c1ccccc1)NCC(=O)Nc1nc(-c2c[nH]c3ccccc23)cs1. The Morgan fingerprint density at radius 3 is 2.72 bits per heavy atom. The molecule has 144 valence electrons. The summed E-state index contributed by atoms with van der Waals surface area (Å²) in [6, 6.07) is 17.5. The summed E-state index contributed by atoms with van der Waals surface area (Å²) in [7, 11) is 0. The van der Waals surface area contributed by atoms with Crippen LogP contribution in [0.2, 0.25) is 0 Å². The van der Waals surface area contributed by atoms with Crippen LogP contribution in [-0.4, -0.2) is 28.3 Å². The number of thiazole rings is 1. The van der Waals surface area contributed by atoms with Crippen molar-refractivity contribution in [3.8, 4) is 11.3 Å². The number of hydrogen-bond acceptors (Lipinski definition) is 4. The molecule has 2 amide bonds. The Kier molecular flexibility index (Phi) is 5.49. The second-order valence-electron chi connectivity index (χ2n) is 6.30. The maximum Gasteiger partial charge on any atom is 0.245 e. The summed E-state index contributed by atoms with van der Waals surface area (Å²) in [6.45, 7) is -0.125. The zero-order valence-corrected chi connectivity index (χ0v) is 16.2. The van der Waals surface area contributed by atoms with Gasteiger partial charge in [0.25, 0.3) is 0 Å². The maximum atomic E-state index is 12.1. The molecule has 0 spiro atoms. The van der Waals surface area contributed by atoms with Crippen LogP contribution in [0.3, 0.4) is 0 Å². The summed E-state index contributed by atoms with van der Waals surface area (Å²) < 4.78 is 0. The number of carbonyl (C=O) groups is 2. The molecule has 0 bridgehead atoms. The van der Waals surface area contributed by atoms with Crippen LogP contribution in [-0.2, 0) is 9.59 Å². The van der Waals surface area contributed by atoms with Gasteiger partial charge in [0.05, 0.1) is 12.2 Å². The molecule has 2 aromatic carbocycles. The largest absolute Gasteiger partial charge is 0.360 e. The smallest absolute Gasteiger partial charge is 0.245 e. The van der Waals surface area contributed by atoms with Crippen LogP contribution in [0, 0.1) is 0 Å². The van der Waals surface area contributed by atoms with E-state index in [4.69, 9.17) is 0 Å². The lowest BCUT2D eigenvalue weighted by atomic mass is 10.1. The number of H-pyrrole nitrogens is 1. The number of benzene rings is 2. The van der Waals surface area contributed by atoms with Crippen molar-refractivity contribution in [3.05, 3.63) is 77.8 Å². The zero-order valence-electron chi connectivity index (χ0n) is 15.4. The van der Waals surface area contributed by atoms with Gasteiger partial charge in [0, 0.05) is 34.1 Å². The first-order chi connectivity index (χ1) is 14.2. The minimum atomic E-state index is -0.331. The number of rotatable bonds is 6. The third-order valence-electron chi connectivity index (χ3n) is 4.27. The van der Waals surface area contributed by atoms with Gasteiger partial charge < -0.3 is 15.6 Å². The van der Waals surface area contributed by atoms with Crippen molar-refractivity contribution >= 4 is 45.3 Å². The van der Waals surface area contributed by atoms with Crippen molar-refractivity contribution in [1.29, 1.82) is 0 Å². The Bertz CT molecular complexity index is 1180. The average molecular weight is 402 g/mol. The molecule has 2 heterocycles. The molecule has 2 aromatic heterocycles. The predicted octanol–water partition coefficient (Wildman–Crippen LogP) is 4.06. The fourth-order valence-corrected chi connectivity index (χ4v) is 3.59. The molecule has 7 heteroatoms. The number of aromatic nitrogens is 2. The van der Waals surface area contributed by atoms with Crippen molar-refractivity contribution in [2.45, 2.75) is 0 Å². The molecule has 3 N–H and O–H groups in total. The molecule has 0 aliphatic rings. The molecule has 0 atom stereocenters. The van der Waals surface area contributed by atoms with Gasteiger partial charge in [-0.05, 0) is 17.7 Å². The quantitative estimate of drug-likeness (QED) is 0.425. The van der Waals surface area contributed by atoms with Gasteiger partial charge in [-0.15, -0.1) is 11.3 Å². The molecule has 0 fully saturated rings. The molecule has 29 heavy (non-hydrogen) atoms. The second-order valence-corrected chi connectivity index (χ2v) is 7.15. The summed E-state index contributed by atoms with van der Waals surface area (Å²) in [5.74, 6) is -0.658. The predicted molar refractivity (Wildman–Crippen MR) is 117 cm³/mol. The van der Waals surface area contributed by atoms with Crippen molar-refractivity contribution in [1.82, 2.24) is 15.3 Å². The molecule has 4 aromatic rings. The Balaban J connectivity index is 1.32. The normalized spacial score (nSPS) is 11.0. The number of anilines is 1. The fraction of sp³-hybridized carbons (Fsp3) is 0.0455. The van der Waals surface area contributed by atoms with Gasteiger partial charge in [0.15, 0.2) is 5.13 Å². The minimum absolute atomic E-state index is 0.125. The Hall–Kier alpha value is -3.71. The first-order valence-electron chi connectivity index (χ1n) is 9.02. The number of para-hydroxylation sites is 1.